The van der Waals surface area contributed by atoms with Gasteiger partial charge in [-0.15, -0.1) is 0 Å². The SMILES string of the molecule is CC(C)(C)OC(=O)NC1CCN(CC(F)(F)F)CC1.CC(C)(C)OC(=O)NC1CCNCC1.NC1CCN(CC(F)(F)F)CC1. The molecular formula is C29H54F6N6O4. The predicted molar refractivity (Wildman–Crippen MR) is 160 cm³/mol. The minimum absolute atomic E-state index is 0.0921. The van der Waals surface area contributed by atoms with Gasteiger partial charge in [0, 0.05) is 31.2 Å². The Kier molecular flexibility index (Phi) is 16.7. The van der Waals surface area contributed by atoms with Gasteiger partial charge in [0.2, 0.25) is 0 Å². The molecule has 5 N–H and O–H groups in total. The van der Waals surface area contributed by atoms with Gasteiger partial charge < -0.3 is 31.2 Å². The van der Waals surface area contributed by atoms with E-state index in [4.69, 9.17) is 15.2 Å². The summed E-state index contributed by atoms with van der Waals surface area (Å²) in [5, 5.41) is 8.81. The molecule has 0 spiro atoms. The number of likely N-dealkylation sites (tertiary alicyclic amines) is 2. The number of alkyl halides is 6. The molecule has 16 heteroatoms. The van der Waals surface area contributed by atoms with Crippen LogP contribution in [0.2, 0.25) is 0 Å². The first-order valence-electron chi connectivity index (χ1n) is 15.5. The van der Waals surface area contributed by atoms with E-state index in [1.165, 1.54) is 9.80 Å². The summed E-state index contributed by atoms with van der Waals surface area (Å²) in [6.45, 7) is 12.8. The molecule has 0 aromatic heterocycles. The fourth-order valence-corrected chi connectivity index (χ4v) is 4.77. The number of alkyl carbamates (subject to hydrolysis) is 2. The molecule has 3 aliphatic heterocycles. The summed E-state index contributed by atoms with van der Waals surface area (Å²) in [6.07, 6.45) is -4.70. The van der Waals surface area contributed by atoms with Gasteiger partial charge in [-0.2, -0.15) is 26.3 Å². The van der Waals surface area contributed by atoms with Crippen LogP contribution in [0.15, 0.2) is 0 Å². The number of nitrogens with one attached hydrogen (secondary N) is 3. The molecular weight excluding hydrogens is 610 g/mol. The van der Waals surface area contributed by atoms with E-state index in [2.05, 4.69) is 16.0 Å². The van der Waals surface area contributed by atoms with Crippen LogP contribution in [0.3, 0.4) is 0 Å². The molecule has 3 rings (SSSR count). The Hall–Kier alpha value is -2.04. The average Bonchev–Trinajstić information content (AvgIpc) is 2.84. The third-order valence-corrected chi connectivity index (χ3v) is 6.81. The van der Waals surface area contributed by atoms with Crippen LogP contribution in [-0.2, 0) is 9.47 Å². The van der Waals surface area contributed by atoms with Crippen molar-refractivity contribution < 1.29 is 45.4 Å². The summed E-state index contributed by atoms with van der Waals surface area (Å²) in [7, 11) is 0. The Morgan fingerprint density at radius 1 is 0.667 bits per heavy atom. The lowest BCUT2D eigenvalue weighted by atomic mass is 10.1. The molecule has 2 amide bonds. The van der Waals surface area contributed by atoms with Crippen molar-refractivity contribution in [2.24, 2.45) is 5.73 Å². The van der Waals surface area contributed by atoms with Gasteiger partial charge in [0.05, 0.1) is 13.1 Å². The zero-order chi connectivity index (χ0) is 34.5. The summed E-state index contributed by atoms with van der Waals surface area (Å²) in [5.41, 5.74) is 4.58. The number of carbonyl (C=O) groups excluding carboxylic acids is 2. The lowest BCUT2D eigenvalue weighted by Gasteiger charge is -2.33. The highest BCUT2D eigenvalue weighted by Crippen LogP contribution is 2.21. The molecule has 0 aromatic rings. The maximum Gasteiger partial charge on any atom is 0.407 e. The molecule has 0 unspecified atom stereocenters. The molecule has 266 valence electrons. The van der Waals surface area contributed by atoms with Gasteiger partial charge in [-0.25, -0.2) is 9.59 Å². The molecule has 10 nitrogen and oxygen atoms in total. The third kappa shape index (κ3) is 23.0. The van der Waals surface area contributed by atoms with E-state index in [1.54, 1.807) is 20.8 Å². The van der Waals surface area contributed by atoms with Crippen molar-refractivity contribution >= 4 is 12.2 Å². The first-order chi connectivity index (χ1) is 20.5. The normalized spacial score (nSPS) is 20.2. The summed E-state index contributed by atoms with van der Waals surface area (Å²) in [4.78, 5) is 25.6. The number of nitrogens with two attached hydrogens (primary N) is 1. The fraction of sp³-hybridized carbons (Fsp3) is 0.931. The number of hydrogen-bond acceptors (Lipinski definition) is 8. The molecule has 3 saturated heterocycles. The number of amides is 2. The summed E-state index contributed by atoms with van der Waals surface area (Å²) in [6, 6.07) is 0.250. The third-order valence-electron chi connectivity index (χ3n) is 6.81. The molecule has 3 heterocycles. The predicted octanol–water partition coefficient (Wildman–Crippen LogP) is 4.77. The van der Waals surface area contributed by atoms with E-state index in [1.807, 2.05) is 20.8 Å². The van der Waals surface area contributed by atoms with E-state index in [9.17, 15) is 35.9 Å². The number of halogens is 6. The molecule has 45 heavy (non-hydrogen) atoms. The Labute approximate surface area is 263 Å². The van der Waals surface area contributed by atoms with Crippen LogP contribution in [-0.4, -0.2) is 116 Å². The van der Waals surface area contributed by atoms with Crippen molar-refractivity contribution in [2.45, 2.75) is 122 Å². The molecule has 0 aliphatic carbocycles. The zero-order valence-corrected chi connectivity index (χ0v) is 27.5. The number of piperidine rings is 3. The largest absolute Gasteiger partial charge is 0.444 e. The minimum Gasteiger partial charge on any atom is -0.444 e. The van der Waals surface area contributed by atoms with E-state index < -0.39 is 42.7 Å². The van der Waals surface area contributed by atoms with Crippen LogP contribution in [0.5, 0.6) is 0 Å². The van der Waals surface area contributed by atoms with Crippen LogP contribution < -0.4 is 21.7 Å². The fourth-order valence-electron chi connectivity index (χ4n) is 4.77. The van der Waals surface area contributed by atoms with Gasteiger partial charge in [0.15, 0.2) is 0 Å². The van der Waals surface area contributed by atoms with Gasteiger partial charge in [0.25, 0.3) is 0 Å². The van der Waals surface area contributed by atoms with Gasteiger partial charge >= 0.3 is 24.5 Å². The lowest BCUT2D eigenvalue weighted by Crippen LogP contribution is -2.48. The zero-order valence-electron chi connectivity index (χ0n) is 27.5. The quantitative estimate of drug-likeness (QED) is 0.318. The standard InChI is InChI=1S/C12H21F3N2O2.C10H20N2O2.C7H13F3N2/c1-11(2,3)19-10(18)16-9-4-6-17(7-5-9)8-12(13,14)15;1-10(2,3)14-9(13)12-8-4-6-11-7-5-8;8-7(9,10)5-12-3-1-6(11)2-4-12/h9H,4-8H2,1-3H3,(H,16,18);8,11H,4-7H2,1-3H3,(H,12,13);6H,1-5,11H2. The minimum atomic E-state index is -4.16. The Morgan fingerprint density at radius 3 is 1.33 bits per heavy atom. The molecule has 0 aromatic carbocycles. The van der Waals surface area contributed by atoms with Crippen LogP contribution in [0, 0.1) is 0 Å². The highest BCUT2D eigenvalue weighted by Gasteiger charge is 2.33. The Bertz CT molecular complexity index is 857. The first-order valence-corrected chi connectivity index (χ1v) is 15.5. The maximum atomic E-state index is 12.2. The Balaban J connectivity index is 0.000000348. The highest BCUT2D eigenvalue weighted by atomic mass is 19.4. The second-order valence-electron chi connectivity index (χ2n) is 13.7. The van der Waals surface area contributed by atoms with Crippen LogP contribution in [0.4, 0.5) is 35.9 Å². The summed E-state index contributed by atoms with van der Waals surface area (Å²) in [5.74, 6) is 0. The van der Waals surface area contributed by atoms with E-state index >= 15 is 0 Å². The topological polar surface area (TPSA) is 121 Å². The monoisotopic (exact) mass is 664 g/mol. The van der Waals surface area contributed by atoms with E-state index in [0.717, 1.165) is 25.9 Å². The van der Waals surface area contributed by atoms with Crippen molar-refractivity contribution in [3.63, 3.8) is 0 Å². The summed E-state index contributed by atoms with van der Waals surface area (Å²) >= 11 is 0. The smallest absolute Gasteiger partial charge is 0.407 e. The number of rotatable bonds is 4. The van der Waals surface area contributed by atoms with Crippen molar-refractivity contribution in [3.8, 4) is 0 Å². The van der Waals surface area contributed by atoms with Crippen molar-refractivity contribution in [2.75, 3.05) is 52.4 Å². The molecule has 3 aliphatic rings. The van der Waals surface area contributed by atoms with Crippen molar-refractivity contribution in [1.82, 2.24) is 25.8 Å². The van der Waals surface area contributed by atoms with E-state index in [0.29, 0.717) is 51.9 Å². The van der Waals surface area contributed by atoms with E-state index in [-0.39, 0.29) is 24.2 Å². The lowest BCUT2D eigenvalue weighted by molar-refractivity contribution is -0.148. The maximum absolute atomic E-state index is 12.2. The molecule has 0 atom stereocenters. The van der Waals surface area contributed by atoms with Crippen molar-refractivity contribution in [3.05, 3.63) is 0 Å². The van der Waals surface area contributed by atoms with Gasteiger partial charge in [-0.3, -0.25) is 9.80 Å². The van der Waals surface area contributed by atoms with Crippen LogP contribution in [0.1, 0.15) is 80.1 Å². The van der Waals surface area contributed by atoms with Crippen LogP contribution in [0.25, 0.3) is 0 Å². The Morgan fingerprint density at radius 2 is 1.00 bits per heavy atom. The van der Waals surface area contributed by atoms with Gasteiger partial charge in [0.1, 0.15) is 11.2 Å². The highest BCUT2D eigenvalue weighted by molar-refractivity contribution is 5.68. The number of carbonyl (C=O) groups is 2. The average molecular weight is 665 g/mol. The van der Waals surface area contributed by atoms with Crippen LogP contribution >= 0.6 is 0 Å². The molecule has 3 fully saturated rings. The first kappa shape index (κ1) is 41.0. The number of ether oxygens (including phenoxy) is 2. The second kappa shape index (κ2) is 18.3. The van der Waals surface area contributed by atoms with Gasteiger partial charge in [-0.05, 0) is 106 Å². The van der Waals surface area contributed by atoms with Crippen molar-refractivity contribution in [1.29, 1.82) is 0 Å². The van der Waals surface area contributed by atoms with Gasteiger partial charge in [-0.1, -0.05) is 0 Å². The molecule has 0 radical (unpaired) electrons. The second-order valence-corrected chi connectivity index (χ2v) is 13.7. The molecule has 0 saturated carbocycles. The molecule has 0 bridgehead atoms. The number of hydrogen-bond donors (Lipinski definition) is 4. The number of nitrogens with zero attached hydrogens (tertiary/aromatic N) is 2. The summed E-state index contributed by atoms with van der Waals surface area (Å²) < 4.78 is 82.5.